The van der Waals surface area contributed by atoms with Crippen LogP contribution in [0.4, 0.5) is 0 Å². The largest absolute Gasteiger partial charge is 0.293 e. The zero-order valence-electron chi connectivity index (χ0n) is 14.9. The van der Waals surface area contributed by atoms with E-state index in [1.807, 2.05) is 0 Å². The lowest BCUT2D eigenvalue weighted by Gasteiger charge is -2.35. The maximum atomic E-state index is 12.5. The van der Waals surface area contributed by atoms with Crippen LogP contribution in [0.5, 0.6) is 0 Å². The first-order valence-corrected chi connectivity index (χ1v) is 10.1. The molecule has 3 saturated heterocycles. The summed E-state index contributed by atoms with van der Waals surface area (Å²) in [6.07, 6.45) is 3.41. The van der Waals surface area contributed by atoms with Gasteiger partial charge in [0.1, 0.15) is 6.33 Å². The molecule has 3 aliphatic rings. The highest BCUT2D eigenvalue weighted by atomic mass is 32.2. The van der Waals surface area contributed by atoms with Gasteiger partial charge in [-0.2, -0.15) is 21.5 Å². The lowest BCUT2D eigenvalue weighted by atomic mass is 9.95. The Hall–Kier alpha value is -1.82. The maximum Gasteiger partial charge on any atom is 0.281 e. The first-order chi connectivity index (χ1) is 12.3. The van der Waals surface area contributed by atoms with E-state index in [1.54, 1.807) is 18.4 Å². The summed E-state index contributed by atoms with van der Waals surface area (Å²) < 4.78 is 29.3. The number of fused-ring (bicyclic) bond motifs is 5. The highest BCUT2D eigenvalue weighted by Crippen LogP contribution is 2.30. The van der Waals surface area contributed by atoms with E-state index in [-0.39, 0.29) is 11.6 Å². The molecule has 0 spiro atoms. The van der Waals surface area contributed by atoms with Crippen LogP contribution in [0.25, 0.3) is 5.78 Å². The van der Waals surface area contributed by atoms with Crippen molar-refractivity contribution >= 4 is 16.0 Å². The van der Waals surface area contributed by atoms with Crippen LogP contribution in [0.2, 0.25) is 0 Å². The number of hydrogen-bond acceptors (Lipinski definition) is 6. The third-order valence-electron chi connectivity index (χ3n) is 5.27. The highest BCUT2D eigenvalue weighted by Gasteiger charge is 2.39. The van der Waals surface area contributed by atoms with Crippen molar-refractivity contribution < 1.29 is 8.42 Å². The van der Waals surface area contributed by atoms with E-state index < -0.39 is 10.2 Å². The van der Waals surface area contributed by atoms with Crippen molar-refractivity contribution in [3.63, 3.8) is 0 Å². The molecule has 11 heteroatoms. The van der Waals surface area contributed by atoms with Crippen LogP contribution < -0.4 is 5.56 Å². The van der Waals surface area contributed by atoms with Gasteiger partial charge in [-0.25, -0.2) is 9.97 Å². The molecule has 0 unspecified atom stereocenters. The molecular formula is C15H23N7O3S. The molecule has 5 heterocycles. The summed E-state index contributed by atoms with van der Waals surface area (Å²) >= 11 is 0. The third-order valence-corrected chi connectivity index (χ3v) is 7.14. The van der Waals surface area contributed by atoms with Crippen molar-refractivity contribution in [1.82, 2.24) is 33.1 Å². The maximum absolute atomic E-state index is 12.5. The average Bonchev–Trinajstić information content (AvgIpc) is 2.86. The lowest BCUT2D eigenvalue weighted by molar-refractivity contribution is 0.123. The molecule has 2 aromatic heterocycles. The van der Waals surface area contributed by atoms with Gasteiger partial charge >= 0.3 is 0 Å². The predicted octanol–water partition coefficient (Wildman–Crippen LogP) is -0.880. The molecular weight excluding hydrogens is 358 g/mol. The van der Waals surface area contributed by atoms with Crippen LogP contribution in [-0.4, -0.2) is 81.3 Å². The van der Waals surface area contributed by atoms with Crippen molar-refractivity contribution in [2.75, 3.05) is 33.7 Å². The molecule has 26 heavy (non-hydrogen) atoms. The van der Waals surface area contributed by atoms with E-state index in [0.29, 0.717) is 37.0 Å². The summed E-state index contributed by atoms with van der Waals surface area (Å²) in [6, 6.07) is 1.64. The Morgan fingerprint density at radius 2 is 2.08 bits per heavy atom. The molecule has 0 aromatic carbocycles. The van der Waals surface area contributed by atoms with E-state index >= 15 is 0 Å². The second-order valence-electron chi connectivity index (χ2n) is 7.24. The molecule has 3 fully saturated rings. The van der Waals surface area contributed by atoms with Crippen LogP contribution in [-0.2, 0) is 16.8 Å². The molecule has 2 bridgehead atoms. The monoisotopic (exact) mass is 381 g/mol. The van der Waals surface area contributed by atoms with E-state index in [0.717, 1.165) is 19.4 Å². The van der Waals surface area contributed by atoms with Crippen molar-refractivity contribution in [3.05, 3.63) is 28.4 Å². The fourth-order valence-corrected chi connectivity index (χ4v) is 5.13. The lowest BCUT2D eigenvalue weighted by Crippen LogP contribution is -2.46. The molecule has 142 valence electrons. The van der Waals surface area contributed by atoms with Gasteiger partial charge < -0.3 is 0 Å². The fourth-order valence-electron chi connectivity index (χ4n) is 3.91. The highest BCUT2D eigenvalue weighted by molar-refractivity contribution is 7.86. The van der Waals surface area contributed by atoms with Gasteiger partial charge in [0.05, 0.1) is 5.69 Å². The molecule has 1 N–H and O–H groups in total. The number of aromatic nitrogens is 4. The SMILES string of the molecule is CN(C)S(=O)(=O)N1C[C@@H]2CC[C@H](C1)N(Cc1cc(=O)n3[nH]cnc3n1)C2. The number of nitrogens with zero attached hydrogens (tertiary/aromatic N) is 6. The molecule has 0 aliphatic carbocycles. The number of nitrogens with one attached hydrogen (secondary N) is 1. The quantitative estimate of drug-likeness (QED) is 0.737. The number of aromatic amines is 1. The van der Waals surface area contributed by atoms with Gasteiger partial charge in [0.2, 0.25) is 0 Å². The summed E-state index contributed by atoms with van der Waals surface area (Å²) in [5.41, 5.74) is 0.468. The fraction of sp³-hybridized carbons (Fsp3) is 0.667. The zero-order valence-corrected chi connectivity index (χ0v) is 15.7. The smallest absolute Gasteiger partial charge is 0.281 e. The Kier molecular flexibility index (Phi) is 4.34. The Morgan fingerprint density at radius 1 is 1.27 bits per heavy atom. The third kappa shape index (κ3) is 3.04. The first-order valence-electron chi connectivity index (χ1n) is 8.68. The van der Waals surface area contributed by atoms with Crippen molar-refractivity contribution in [3.8, 4) is 0 Å². The second kappa shape index (κ2) is 6.41. The second-order valence-corrected chi connectivity index (χ2v) is 9.38. The molecule has 2 atom stereocenters. The van der Waals surface area contributed by atoms with E-state index in [1.165, 1.54) is 21.2 Å². The average molecular weight is 381 g/mol. The van der Waals surface area contributed by atoms with E-state index in [9.17, 15) is 13.2 Å². The summed E-state index contributed by atoms with van der Waals surface area (Å²) in [5.74, 6) is 0.642. The molecule has 2 aromatic rings. The molecule has 5 rings (SSSR count). The van der Waals surface area contributed by atoms with Crippen LogP contribution >= 0.6 is 0 Å². The summed E-state index contributed by atoms with van der Waals surface area (Å²) in [6.45, 7) is 2.35. The molecule has 0 amide bonds. The first kappa shape index (κ1) is 17.6. The molecule has 3 aliphatic heterocycles. The minimum atomic E-state index is -3.42. The molecule has 10 nitrogen and oxygen atoms in total. The Labute approximate surface area is 151 Å². The standard InChI is InChI=1S/C15H23N7O3S/c1-19(2)26(24,25)21-7-11-3-4-13(9-21)20(6-11)8-12-5-14(23)22-15(18-12)16-10-17-22/h5,10-11,13H,3-4,6-9H2,1-2H3,(H,16,17,18)/t11-,13-/m1/s1. The van der Waals surface area contributed by atoms with Crippen molar-refractivity contribution in [2.45, 2.75) is 25.4 Å². The molecule has 0 radical (unpaired) electrons. The van der Waals surface area contributed by atoms with E-state index in [4.69, 9.17) is 0 Å². The number of H-pyrrole nitrogens is 1. The number of hydrogen-bond donors (Lipinski definition) is 1. The Morgan fingerprint density at radius 3 is 2.85 bits per heavy atom. The number of rotatable bonds is 4. The predicted molar refractivity (Wildman–Crippen MR) is 94.7 cm³/mol. The van der Waals surface area contributed by atoms with Gasteiger partial charge in [0.25, 0.3) is 21.5 Å². The minimum absolute atomic E-state index is 0.128. The summed E-state index contributed by atoms with van der Waals surface area (Å²) in [5, 5.41) is 2.73. The topological polar surface area (TPSA) is 107 Å². The van der Waals surface area contributed by atoms with Gasteiger partial charge in [-0.3, -0.25) is 14.8 Å². The van der Waals surface area contributed by atoms with Gasteiger partial charge in [-0.05, 0) is 18.8 Å². The van der Waals surface area contributed by atoms with Crippen LogP contribution in [0.3, 0.4) is 0 Å². The van der Waals surface area contributed by atoms with Crippen LogP contribution in [0.1, 0.15) is 18.5 Å². The molecule has 0 saturated carbocycles. The normalized spacial score (nSPS) is 25.2. The Bertz CT molecular complexity index is 967. The minimum Gasteiger partial charge on any atom is -0.293 e. The zero-order chi connectivity index (χ0) is 18.5. The summed E-state index contributed by atoms with van der Waals surface area (Å²) in [7, 11) is -0.285. The van der Waals surface area contributed by atoms with Crippen molar-refractivity contribution in [1.29, 1.82) is 0 Å². The van der Waals surface area contributed by atoms with Crippen LogP contribution in [0.15, 0.2) is 17.2 Å². The van der Waals surface area contributed by atoms with Crippen LogP contribution in [0, 0.1) is 5.92 Å². The van der Waals surface area contributed by atoms with Gasteiger partial charge in [0, 0.05) is 52.4 Å². The van der Waals surface area contributed by atoms with Crippen molar-refractivity contribution in [2.24, 2.45) is 5.92 Å². The van der Waals surface area contributed by atoms with Gasteiger partial charge in [0.15, 0.2) is 0 Å². The summed E-state index contributed by atoms with van der Waals surface area (Å²) in [4.78, 5) is 22.9. The van der Waals surface area contributed by atoms with Gasteiger partial charge in [-0.15, -0.1) is 0 Å². The van der Waals surface area contributed by atoms with E-state index in [2.05, 4.69) is 20.0 Å². The van der Waals surface area contributed by atoms with Gasteiger partial charge in [-0.1, -0.05) is 0 Å². The Balaban J connectivity index is 1.57. The number of piperidine rings is 1.